The summed E-state index contributed by atoms with van der Waals surface area (Å²) in [7, 11) is 1.64. The van der Waals surface area contributed by atoms with Crippen LogP contribution in [0.2, 0.25) is 0 Å². The number of rotatable bonds is 7. The summed E-state index contributed by atoms with van der Waals surface area (Å²) in [6, 6.07) is 13.7. The van der Waals surface area contributed by atoms with Gasteiger partial charge in [0.25, 0.3) is 0 Å². The van der Waals surface area contributed by atoms with Crippen LogP contribution in [-0.2, 0) is 11.3 Å². The van der Waals surface area contributed by atoms with Crippen molar-refractivity contribution in [1.82, 2.24) is 5.32 Å². The van der Waals surface area contributed by atoms with Crippen LogP contribution in [0.25, 0.3) is 0 Å². The lowest BCUT2D eigenvalue weighted by Crippen LogP contribution is -2.26. The molecule has 1 amide bonds. The van der Waals surface area contributed by atoms with Crippen molar-refractivity contribution < 1.29 is 19.0 Å². The smallest absolute Gasteiger partial charge is 0.220 e. The number of benzene rings is 2. The molecule has 0 saturated heterocycles. The molecule has 1 aliphatic heterocycles. The van der Waals surface area contributed by atoms with Gasteiger partial charge in [-0.15, -0.1) is 0 Å². The van der Waals surface area contributed by atoms with Crippen LogP contribution in [0, 0.1) is 5.92 Å². The van der Waals surface area contributed by atoms with Crippen molar-refractivity contribution in [3.05, 3.63) is 53.6 Å². The van der Waals surface area contributed by atoms with Crippen molar-refractivity contribution >= 4 is 5.91 Å². The standard InChI is InChI=1S/C22H27NO4/c1-15(2)19(17-6-9-20-21(12-17)27-11-10-26-20)13-22(24)23-14-16-4-7-18(25-3)8-5-16/h4-9,12,15,19H,10-11,13-14H2,1-3H3,(H,23,24). The first-order chi connectivity index (χ1) is 13.1. The Morgan fingerprint density at radius 3 is 2.44 bits per heavy atom. The number of hydrogen-bond acceptors (Lipinski definition) is 4. The summed E-state index contributed by atoms with van der Waals surface area (Å²) in [6.45, 7) is 5.92. The maximum atomic E-state index is 12.5. The van der Waals surface area contributed by atoms with Crippen LogP contribution in [0.3, 0.4) is 0 Å². The number of methoxy groups -OCH3 is 1. The summed E-state index contributed by atoms with van der Waals surface area (Å²) < 4.78 is 16.4. The highest BCUT2D eigenvalue weighted by Gasteiger charge is 2.22. The lowest BCUT2D eigenvalue weighted by atomic mass is 9.85. The molecule has 1 N–H and O–H groups in total. The summed E-state index contributed by atoms with van der Waals surface area (Å²) in [6.07, 6.45) is 0.438. The third-order valence-electron chi connectivity index (χ3n) is 4.85. The molecule has 1 heterocycles. The third-order valence-corrected chi connectivity index (χ3v) is 4.85. The van der Waals surface area contributed by atoms with Crippen LogP contribution in [0.5, 0.6) is 17.2 Å². The molecule has 1 atom stereocenters. The number of nitrogens with one attached hydrogen (secondary N) is 1. The van der Waals surface area contributed by atoms with E-state index >= 15 is 0 Å². The number of hydrogen-bond donors (Lipinski definition) is 1. The topological polar surface area (TPSA) is 56.8 Å². The molecular weight excluding hydrogens is 342 g/mol. The molecule has 0 aromatic heterocycles. The van der Waals surface area contributed by atoms with Crippen molar-refractivity contribution in [2.75, 3.05) is 20.3 Å². The summed E-state index contributed by atoms with van der Waals surface area (Å²) in [5.74, 6) is 2.85. The second kappa shape index (κ2) is 8.80. The highest BCUT2D eigenvalue weighted by Crippen LogP contribution is 2.36. The van der Waals surface area contributed by atoms with Gasteiger partial charge in [0.1, 0.15) is 19.0 Å². The molecule has 0 saturated carbocycles. The minimum Gasteiger partial charge on any atom is -0.497 e. The number of carbonyl (C=O) groups excluding carboxylic acids is 1. The summed E-state index contributed by atoms with van der Waals surface area (Å²) in [5, 5.41) is 3.02. The van der Waals surface area contributed by atoms with Crippen LogP contribution in [-0.4, -0.2) is 26.2 Å². The Kier molecular flexibility index (Phi) is 6.22. The lowest BCUT2D eigenvalue weighted by Gasteiger charge is -2.24. The van der Waals surface area contributed by atoms with E-state index < -0.39 is 0 Å². The predicted molar refractivity (Wildman–Crippen MR) is 104 cm³/mol. The van der Waals surface area contributed by atoms with Gasteiger partial charge in [-0.05, 0) is 47.2 Å². The highest BCUT2D eigenvalue weighted by atomic mass is 16.6. The molecule has 144 valence electrons. The first-order valence-electron chi connectivity index (χ1n) is 9.36. The van der Waals surface area contributed by atoms with E-state index in [0.717, 1.165) is 28.4 Å². The van der Waals surface area contributed by atoms with E-state index in [2.05, 4.69) is 19.2 Å². The van der Waals surface area contributed by atoms with Crippen LogP contribution in [0.1, 0.15) is 37.3 Å². The monoisotopic (exact) mass is 369 g/mol. The maximum absolute atomic E-state index is 12.5. The van der Waals surface area contributed by atoms with Crippen LogP contribution in [0.15, 0.2) is 42.5 Å². The average Bonchev–Trinajstić information content (AvgIpc) is 2.70. The maximum Gasteiger partial charge on any atom is 0.220 e. The number of ether oxygens (including phenoxy) is 3. The van der Waals surface area contributed by atoms with Gasteiger partial charge in [-0.2, -0.15) is 0 Å². The molecule has 5 heteroatoms. The van der Waals surface area contributed by atoms with Crippen LogP contribution >= 0.6 is 0 Å². The molecule has 0 spiro atoms. The quantitative estimate of drug-likeness (QED) is 0.804. The van der Waals surface area contributed by atoms with Crippen molar-refractivity contribution in [2.45, 2.75) is 32.7 Å². The average molecular weight is 369 g/mol. The van der Waals surface area contributed by atoms with E-state index in [-0.39, 0.29) is 11.8 Å². The fraction of sp³-hybridized carbons (Fsp3) is 0.409. The van der Waals surface area contributed by atoms with Gasteiger partial charge in [0.15, 0.2) is 11.5 Å². The van der Waals surface area contributed by atoms with E-state index in [1.54, 1.807) is 7.11 Å². The van der Waals surface area contributed by atoms with E-state index in [1.165, 1.54) is 0 Å². The molecule has 0 bridgehead atoms. The first-order valence-corrected chi connectivity index (χ1v) is 9.36. The van der Waals surface area contributed by atoms with E-state index in [9.17, 15) is 4.79 Å². The minimum atomic E-state index is 0.0411. The second-order valence-electron chi connectivity index (χ2n) is 7.08. The van der Waals surface area contributed by atoms with Gasteiger partial charge in [-0.3, -0.25) is 4.79 Å². The normalized spacial score (nSPS) is 13.9. The lowest BCUT2D eigenvalue weighted by molar-refractivity contribution is -0.121. The number of carbonyl (C=O) groups is 1. The van der Waals surface area contributed by atoms with Gasteiger partial charge in [0.05, 0.1) is 7.11 Å². The molecule has 1 unspecified atom stereocenters. The fourth-order valence-electron chi connectivity index (χ4n) is 3.24. The molecule has 0 fully saturated rings. The second-order valence-corrected chi connectivity index (χ2v) is 7.08. The molecule has 2 aromatic rings. The molecular formula is C22H27NO4. The third kappa shape index (κ3) is 4.94. The van der Waals surface area contributed by atoms with Gasteiger partial charge in [-0.1, -0.05) is 32.0 Å². The van der Waals surface area contributed by atoms with Crippen molar-refractivity contribution in [1.29, 1.82) is 0 Å². The van der Waals surface area contributed by atoms with Gasteiger partial charge >= 0.3 is 0 Å². The largest absolute Gasteiger partial charge is 0.497 e. The van der Waals surface area contributed by atoms with Crippen molar-refractivity contribution in [2.24, 2.45) is 5.92 Å². The predicted octanol–water partition coefficient (Wildman–Crippen LogP) is 3.91. The number of fused-ring (bicyclic) bond motifs is 1. The minimum absolute atomic E-state index is 0.0411. The number of amides is 1. The molecule has 27 heavy (non-hydrogen) atoms. The van der Waals surface area contributed by atoms with Gasteiger partial charge in [0, 0.05) is 13.0 Å². The zero-order chi connectivity index (χ0) is 19.2. The Morgan fingerprint density at radius 1 is 1.07 bits per heavy atom. The van der Waals surface area contributed by atoms with Crippen LogP contribution in [0.4, 0.5) is 0 Å². The van der Waals surface area contributed by atoms with E-state index in [4.69, 9.17) is 14.2 Å². The fourth-order valence-corrected chi connectivity index (χ4v) is 3.24. The van der Waals surface area contributed by atoms with E-state index in [1.807, 2.05) is 42.5 Å². The summed E-state index contributed by atoms with van der Waals surface area (Å²) in [5.41, 5.74) is 2.15. The molecule has 5 nitrogen and oxygen atoms in total. The Balaban J connectivity index is 1.62. The molecule has 1 aliphatic rings. The molecule has 0 aliphatic carbocycles. The Bertz CT molecular complexity index is 770. The van der Waals surface area contributed by atoms with Gasteiger partial charge in [-0.25, -0.2) is 0 Å². The van der Waals surface area contributed by atoms with Gasteiger partial charge < -0.3 is 19.5 Å². The van der Waals surface area contributed by atoms with Crippen LogP contribution < -0.4 is 19.5 Å². The zero-order valence-corrected chi connectivity index (χ0v) is 16.2. The Morgan fingerprint density at radius 2 is 1.78 bits per heavy atom. The first kappa shape index (κ1) is 19.1. The van der Waals surface area contributed by atoms with Gasteiger partial charge in [0.2, 0.25) is 5.91 Å². The Labute approximate surface area is 160 Å². The van der Waals surface area contributed by atoms with Crippen molar-refractivity contribution in [3.63, 3.8) is 0 Å². The summed E-state index contributed by atoms with van der Waals surface area (Å²) >= 11 is 0. The molecule has 3 rings (SSSR count). The van der Waals surface area contributed by atoms with E-state index in [0.29, 0.717) is 32.1 Å². The summed E-state index contributed by atoms with van der Waals surface area (Å²) in [4.78, 5) is 12.5. The molecule has 2 aromatic carbocycles. The zero-order valence-electron chi connectivity index (χ0n) is 16.2. The SMILES string of the molecule is COc1ccc(CNC(=O)CC(c2ccc3c(c2)OCCO3)C(C)C)cc1. The molecule has 0 radical (unpaired) electrons. The highest BCUT2D eigenvalue weighted by molar-refractivity contribution is 5.77. The van der Waals surface area contributed by atoms with Crippen molar-refractivity contribution in [3.8, 4) is 17.2 Å². The Hall–Kier alpha value is -2.69.